The fourth-order valence-corrected chi connectivity index (χ4v) is 2.61. The minimum absolute atomic E-state index is 0.0780. The molecule has 2 heterocycles. The number of aryl methyl sites for hydroxylation is 1. The third kappa shape index (κ3) is 4.39. The molecule has 0 fully saturated rings. The first-order valence-electron chi connectivity index (χ1n) is 7.25. The number of rotatable bonds is 4. The van der Waals surface area contributed by atoms with Crippen LogP contribution in [0.1, 0.15) is 16.1 Å². The van der Waals surface area contributed by atoms with Gasteiger partial charge >= 0.3 is 6.16 Å². The average molecular weight is 355 g/mol. The van der Waals surface area contributed by atoms with Gasteiger partial charge in [0.1, 0.15) is 5.75 Å². The minimum Gasteiger partial charge on any atom is -0.394 e. The first-order chi connectivity index (χ1) is 12.1. The number of amides is 1. The minimum atomic E-state index is -0.982. The van der Waals surface area contributed by atoms with Gasteiger partial charge in [-0.25, -0.2) is 14.8 Å². The zero-order valence-electron chi connectivity index (χ0n) is 13.1. The maximum atomic E-state index is 12.4. The Kier molecular flexibility index (Phi) is 5.00. The Hall–Kier alpha value is -3.26. The van der Waals surface area contributed by atoms with E-state index in [9.17, 15) is 9.59 Å². The van der Waals surface area contributed by atoms with Gasteiger partial charge in [0.15, 0.2) is 5.13 Å². The molecule has 0 spiro atoms. The second-order valence-corrected chi connectivity index (χ2v) is 5.72. The number of hydrogen-bond donors (Lipinski definition) is 1. The van der Waals surface area contributed by atoms with E-state index in [0.29, 0.717) is 5.13 Å². The van der Waals surface area contributed by atoms with Crippen molar-refractivity contribution < 1.29 is 19.1 Å². The zero-order valence-corrected chi connectivity index (χ0v) is 13.9. The van der Waals surface area contributed by atoms with Crippen molar-refractivity contribution in [2.75, 3.05) is 5.32 Å². The van der Waals surface area contributed by atoms with Gasteiger partial charge in [0.25, 0.3) is 5.91 Å². The van der Waals surface area contributed by atoms with Crippen molar-refractivity contribution in [2.45, 2.75) is 6.92 Å². The number of aromatic nitrogens is 2. The molecular formula is C17H13N3O4S. The normalized spacial score (nSPS) is 10.1. The molecule has 0 bridgehead atoms. The summed E-state index contributed by atoms with van der Waals surface area (Å²) in [4.78, 5) is 32.3. The molecule has 0 radical (unpaired) electrons. The summed E-state index contributed by atoms with van der Waals surface area (Å²) in [5, 5.41) is 4.95. The molecule has 0 saturated heterocycles. The van der Waals surface area contributed by atoms with Crippen molar-refractivity contribution in [3.63, 3.8) is 0 Å². The maximum Gasteiger partial charge on any atom is 0.520 e. The molecule has 2 aromatic heterocycles. The summed E-state index contributed by atoms with van der Waals surface area (Å²) in [5.74, 6) is -0.252. The van der Waals surface area contributed by atoms with Gasteiger partial charge in [-0.3, -0.25) is 10.1 Å². The van der Waals surface area contributed by atoms with E-state index in [1.54, 1.807) is 30.3 Å². The summed E-state index contributed by atoms with van der Waals surface area (Å²) in [6.07, 6.45) is 0.504. The Morgan fingerprint density at radius 3 is 2.60 bits per heavy atom. The van der Waals surface area contributed by atoms with Crippen molar-refractivity contribution in [2.24, 2.45) is 0 Å². The topological polar surface area (TPSA) is 90.4 Å². The van der Waals surface area contributed by atoms with Crippen LogP contribution in [0.25, 0.3) is 0 Å². The summed E-state index contributed by atoms with van der Waals surface area (Å²) < 4.78 is 10.1. The number of carbonyl (C=O) groups excluding carboxylic acids is 2. The standard InChI is InChI=1S/C17H13N3O4S/c1-11-10-25-16(19-11)20-15(21)12-6-2-3-7-13(12)23-17(22)24-14-8-4-5-9-18-14/h2-10H,1H3,(H,19,20,21). The maximum absolute atomic E-state index is 12.4. The van der Waals surface area contributed by atoms with Gasteiger partial charge in [0.05, 0.1) is 11.3 Å². The van der Waals surface area contributed by atoms with E-state index < -0.39 is 12.1 Å². The SMILES string of the molecule is Cc1csc(NC(=O)c2ccccc2OC(=O)Oc2ccccn2)n1. The highest BCUT2D eigenvalue weighted by atomic mass is 32.1. The molecule has 0 aliphatic rings. The molecule has 1 N–H and O–H groups in total. The molecular weight excluding hydrogens is 342 g/mol. The van der Waals surface area contributed by atoms with Crippen LogP contribution in [0.3, 0.4) is 0 Å². The predicted octanol–water partition coefficient (Wildman–Crippen LogP) is 3.68. The van der Waals surface area contributed by atoms with Crippen LogP contribution in [0.2, 0.25) is 0 Å². The van der Waals surface area contributed by atoms with Crippen LogP contribution in [-0.2, 0) is 0 Å². The van der Waals surface area contributed by atoms with Gasteiger partial charge in [-0.15, -0.1) is 11.3 Å². The molecule has 25 heavy (non-hydrogen) atoms. The van der Waals surface area contributed by atoms with E-state index in [1.807, 2.05) is 12.3 Å². The molecule has 3 aromatic rings. The number of carbonyl (C=O) groups is 2. The van der Waals surface area contributed by atoms with Gasteiger partial charge in [-0.1, -0.05) is 18.2 Å². The number of ether oxygens (including phenoxy) is 2. The smallest absolute Gasteiger partial charge is 0.394 e. The number of benzene rings is 1. The van der Waals surface area contributed by atoms with E-state index in [0.717, 1.165) is 5.69 Å². The molecule has 0 unspecified atom stereocenters. The molecule has 1 aromatic carbocycles. The summed E-state index contributed by atoms with van der Waals surface area (Å²) in [5.41, 5.74) is 0.997. The van der Waals surface area contributed by atoms with Crippen LogP contribution in [0.15, 0.2) is 54.0 Å². The van der Waals surface area contributed by atoms with Gasteiger partial charge in [0, 0.05) is 17.6 Å². The molecule has 126 valence electrons. The molecule has 0 saturated carbocycles. The number of pyridine rings is 1. The quantitative estimate of drug-likeness (QED) is 0.567. The summed E-state index contributed by atoms with van der Waals surface area (Å²) in [7, 11) is 0. The van der Waals surface area contributed by atoms with Crippen molar-refractivity contribution in [1.82, 2.24) is 9.97 Å². The van der Waals surface area contributed by atoms with E-state index in [1.165, 1.54) is 29.7 Å². The fraction of sp³-hybridized carbons (Fsp3) is 0.0588. The van der Waals surface area contributed by atoms with Crippen molar-refractivity contribution in [3.8, 4) is 11.6 Å². The van der Waals surface area contributed by atoms with Crippen LogP contribution >= 0.6 is 11.3 Å². The van der Waals surface area contributed by atoms with Crippen molar-refractivity contribution >= 4 is 28.5 Å². The second-order valence-electron chi connectivity index (χ2n) is 4.87. The first-order valence-corrected chi connectivity index (χ1v) is 8.13. The molecule has 8 heteroatoms. The Labute approximate surface area is 147 Å². The number of nitrogens with zero attached hydrogens (tertiary/aromatic N) is 2. The fourth-order valence-electron chi connectivity index (χ4n) is 1.92. The van der Waals surface area contributed by atoms with E-state index in [-0.39, 0.29) is 17.2 Å². The lowest BCUT2D eigenvalue weighted by atomic mass is 10.2. The number of anilines is 1. The van der Waals surface area contributed by atoms with Gasteiger partial charge in [-0.2, -0.15) is 0 Å². The summed E-state index contributed by atoms with van der Waals surface area (Å²) >= 11 is 1.31. The monoisotopic (exact) mass is 355 g/mol. The van der Waals surface area contributed by atoms with Crippen molar-refractivity contribution in [3.05, 3.63) is 65.3 Å². The third-order valence-electron chi connectivity index (χ3n) is 2.99. The third-order valence-corrected chi connectivity index (χ3v) is 3.87. The Morgan fingerprint density at radius 2 is 1.88 bits per heavy atom. The van der Waals surface area contributed by atoms with Crippen LogP contribution in [0.4, 0.5) is 9.93 Å². The highest BCUT2D eigenvalue weighted by molar-refractivity contribution is 7.13. The Morgan fingerprint density at radius 1 is 1.08 bits per heavy atom. The van der Waals surface area contributed by atoms with E-state index in [2.05, 4.69) is 15.3 Å². The molecule has 0 aliphatic heterocycles. The van der Waals surface area contributed by atoms with E-state index in [4.69, 9.17) is 9.47 Å². The number of thiazole rings is 1. The summed E-state index contributed by atoms with van der Waals surface area (Å²) in [6.45, 7) is 1.83. The van der Waals surface area contributed by atoms with Gasteiger partial charge < -0.3 is 9.47 Å². The largest absolute Gasteiger partial charge is 0.520 e. The van der Waals surface area contributed by atoms with Crippen LogP contribution in [-0.4, -0.2) is 22.0 Å². The zero-order chi connectivity index (χ0) is 17.6. The lowest BCUT2D eigenvalue weighted by molar-refractivity contribution is 0.102. The molecule has 1 amide bonds. The number of para-hydroxylation sites is 1. The highest BCUT2D eigenvalue weighted by Crippen LogP contribution is 2.22. The second kappa shape index (κ2) is 7.54. The number of nitrogens with one attached hydrogen (secondary N) is 1. The molecule has 0 aliphatic carbocycles. The molecule has 3 rings (SSSR count). The Bertz CT molecular complexity index is 896. The highest BCUT2D eigenvalue weighted by Gasteiger charge is 2.17. The number of hydrogen-bond acceptors (Lipinski definition) is 7. The first kappa shape index (κ1) is 16.6. The molecule has 7 nitrogen and oxygen atoms in total. The van der Waals surface area contributed by atoms with Gasteiger partial charge in [-0.05, 0) is 25.1 Å². The van der Waals surface area contributed by atoms with Crippen LogP contribution < -0.4 is 14.8 Å². The average Bonchev–Trinajstić information content (AvgIpc) is 3.01. The Balaban J connectivity index is 1.72. The molecule has 0 atom stereocenters. The lowest BCUT2D eigenvalue weighted by Crippen LogP contribution is -2.18. The van der Waals surface area contributed by atoms with E-state index >= 15 is 0 Å². The van der Waals surface area contributed by atoms with Crippen molar-refractivity contribution in [1.29, 1.82) is 0 Å². The lowest BCUT2D eigenvalue weighted by Gasteiger charge is -2.09. The predicted molar refractivity (Wildman–Crippen MR) is 92.1 cm³/mol. The van der Waals surface area contributed by atoms with Crippen LogP contribution in [0, 0.1) is 6.92 Å². The van der Waals surface area contributed by atoms with Crippen LogP contribution in [0.5, 0.6) is 11.6 Å². The van der Waals surface area contributed by atoms with Gasteiger partial charge in [0.2, 0.25) is 5.88 Å². The summed E-state index contributed by atoms with van der Waals surface area (Å²) in [6, 6.07) is 11.2.